The van der Waals surface area contributed by atoms with Gasteiger partial charge in [-0.25, -0.2) is 22.6 Å². The number of rotatable bonds is 7. The van der Waals surface area contributed by atoms with Crippen molar-refractivity contribution in [2.75, 3.05) is 19.8 Å². The maximum absolute atomic E-state index is 14.9. The van der Waals surface area contributed by atoms with Crippen molar-refractivity contribution in [2.45, 2.75) is 126 Å². The first-order chi connectivity index (χ1) is 27.0. The number of halogens is 1. The van der Waals surface area contributed by atoms with Gasteiger partial charge >= 0.3 is 6.09 Å². The van der Waals surface area contributed by atoms with Crippen LogP contribution in [0.25, 0.3) is 10.8 Å². The number of aromatic nitrogens is 1. The van der Waals surface area contributed by atoms with E-state index in [0.717, 1.165) is 23.9 Å². The smallest absolute Gasteiger partial charge is 0.408 e. The normalized spacial score (nSPS) is 30.0. The number of carbonyl (C=O) groups is 4. The molecule has 2 aromatic rings. The van der Waals surface area contributed by atoms with Gasteiger partial charge in [-0.1, -0.05) is 44.2 Å². The molecule has 3 N–H and O–H groups in total. The maximum atomic E-state index is 14.9. The minimum absolute atomic E-state index is 0.00652. The number of benzene rings is 1. The molecule has 4 heterocycles. The van der Waals surface area contributed by atoms with Crippen molar-refractivity contribution in [3.63, 3.8) is 0 Å². The van der Waals surface area contributed by atoms with E-state index in [2.05, 4.69) is 22.3 Å². The molecule has 0 radical (unpaired) electrons. The predicted molar refractivity (Wildman–Crippen MR) is 209 cm³/mol. The van der Waals surface area contributed by atoms with Gasteiger partial charge in [0.05, 0.1) is 18.8 Å². The second-order valence-electron chi connectivity index (χ2n) is 17.6. The van der Waals surface area contributed by atoms with Crippen molar-refractivity contribution in [3.8, 4) is 11.6 Å². The molecule has 5 aliphatic rings. The summed E-state index contributed by atoms with van der Waals surface area (Å²) in [6.07, 6.45) is 5.92. The molecule has 1 aromatic carbocycles. The number of alkyl carbamates (subject to hydrolysis) is 1. The number of alkyl halides is 1. The van der Waals surface area contributed by atoms with Crippen LogP contribution >= 0.6 is 0 Å². The molecule has 7 atom stereocenters. The molecule has 310 valence electrons. The van der Waals surface area contributed by atoms with Crippen LogP contribution in [0.2, 0.25) is 0 Å². The SMILES string of the molecule is CC1CCC=CC2CC2(C(=O)NS(=O)(=O)C2(CF)CC2)NC(=O)C2CC(Oc3nc4c(c5ccccc35)OCCC4)CN2C(=O)C(NC(=O)OC(C)(C)C)C(C)C1. The number of fused-ring (bicyclic) bond motifs is 5. The van der Waals surface area contributed by atoms with Gasteiger partial charge in [0.2, 0.25) is 27.7 Å². The summed E-state index contributed by atoms with van der Waals surface area (Å²) in [5, 5.41) is 7.19. The molecule has 14 nitrogen and oxygen atoms in total. The Kier molecular flexibility index (Phi) is 11.0. The molecule has 16 heteroatoms. The summed E-state index contributed by atoms with van der Waals surface area (Å²) in [4.78, 5) is 62.9. The largest absolute Gasteiger partial charge is 0.491 e. The summed E-state index contributed by atoms with van der Waals surface area (Å²) < 4.78 is 58.9. The van der Waals surface area contributed by atoms with Crippen LogP contribution in [0.1, 0.15) is 91.7 Å². The van der Waals surface area contributed by atoms with Crippen LogP contribution in [0.5, 0.6) is 11.6 Å². The van der Waals surface area contributed by atoms with E-state index >= 15 is 0 Å². The zero-order valence-corrected chi connectivity index (χ0v) is 34.1. The fourth-order valence-corrected chi connectivity index (χ4v) is 9.86. The molecular weight excluding hydrogens is 758 g/mol. The molecule has 2 saturated carbocycles. The molecule has 3 fully saturated rings. The Morgan fingerprint density at radius 3 is 2.56 bits per heavy atom. The first-order valence-corrected chi connectivity index (χ1v) is 21.6. The standard InChI is InChI=1S/C41H54FN5O9S/c1-24-11-6-7-12-26-21-41(26,37(50)46-57(52,53)40(23-42)16-17-40)45-34(48)31-20-27(22-47(31)36(49)32(25(2)19-24)44-38(51)56-39(3,4)5)55-35-29-14-9-8-13-28(29)33-30(43-35)15-10-18-54-33/h7-9,12-14,24-27,31-32H,6,10-11,15-23H2,1-5H3,(H,44,51)(H,45,48)(H,46,50). The number of ether oxygens (including phenoxy) is 3. The summed E-state index contributed by atoms with van der Waals surface area (Å²) >= 11 is 0. The average Bonchev–Trinajstić information content (AvgIpc) is 4.06. The molecule has 0 spiro atoms. The predicted octanol–water partition coefficient (Wildman–Crippen LogP) is 4.64. The van der Waals surface area contributed by atoms with Gasteiger partial charge in [-0.15, -0.1) is 0 Å². The Bertz CT molecular complexity index is 2070. The number of sulfonamides is 1. The zero-order chi connectivity index (χ0) is 40.9. The highest BCUT2D eigenvalue weighted by atomic mass is 32.2. The van der Waals surface area contributed by atoms with Crippen molar-refractivity contribution in [2.24, 2.45) is 17.8 Å². The van der Waals surface area contributed by atoms with Gasteiger partial charge in [0, 0.05) is 23.1 Å². The molecule has 7 unspecified atom stereocenters. The van der Waals surface area contributed by atoms with E-state index < -0.39 is 80.5 Å². The van der Waals surface area contributed by atoms with Crippen molar-refractivity contribution in [1.29, 1.82) is 0 Å². The fraction of sp³-hybridized carbons (Fsp3) is 0.634. The van der Waals surface area contributed by atoms with E-state index in [1.165, 1.54) is 4.90 Å². The fourth-order valence-electron chi connectivity index (χ4n) is 8.43. The number of nitrogens with zero attached hydrogens (tertiary/aromatic N) is 2. The van der Waals surface area contributed by atoms with Crippen LogP contribution in [-0.2, 0) is 35.6 Å². The minimum atomic E-state index is -4.38. The molecule has 57 heavy (non-hydrogen) atoms. The summed E-state index contributed by atoms with van der Waals surface area (Å²) in [6.45, 7) is 8.51. The number of carbonyl (C=O) groups excluding carboxylic acids is 4. The molecular formula is C41H54FN5O9S. The summed E-state index contributed by atoms with van der Waals surface area (Å²) in [5.41, 5.74) is -1.74. The molecule has 3 aliphatic heterocycles. The first kappa shape index (κ1) is 40.7. The van der Waals surface area contributed by atoms with Gasteiger partial charge < -0.3 is 29.7 Å². The maximum Gasteiger partial charge on any atom is 0.408 e. The highest BCUT2D eigenvalue weighted by molar-refractivity contribution is 7.91. The molecule has 0 bridgehead atoms. The topological polar surface area (TPSA) is 182 Å². The van der Waals surface area contributed by atoms with Crippen LogP contribution in [0.3, 0.4) is 0 Å². The van der Waals surface area contributed by atoms with E-state index in [0.29, 0.717) is 42.9 Å². The number of nitrogens with one attached hydrogen (secondary N) is 3. The second-order valence-corrected chi connectivity index (χ2v) is 19.7. The number of hydrogen-bond donors (Lipinski definition) is 3. The molecule has 1 aromatic heterocycles. The van der Waals surface area contributed by atoms with E-state index in [-0.39, 0.29) is 44.1 Å². The van der Waals surface area contributed by atoms with Crippen molar-refractivity contribution < 1.29 is 46.2 Å². The Hall–Kier alpha value is -4.47. The third-order valence-electron chi connectivity index (χ3n) is 11.9. The summed E-state index contributed by atoms with van der Waals surface area (Å²) in [7, 11) is -4.38. The number of aryl methyl sites for hydroxylation is 1. The van der Waals surface area contributed by atoms with Gasteiger partial charge in [0.25, 0.3) is 5.91 Å². The van der Waals surface area contributed by atoms with Gasteiger partial charge in [-0.2, -0.15) is 0 Å². The van der Waals surface area contributed by atoms with Gasteiger partial charge in [-0.05, 0) is 90.0 Å². The van der Waals surface area contributed by atoms with Crippen LogP contribution in [0, 0.1) is 17.8 Å². The Labute approximate surface area is 333 Å². The van der Waals surface area contributed by atoms with Gasteiger partial charge in [0.15, 0.2) is 0 Å². The third kappa shape index (κ3) is 8.28. The molecule has 2 aliphatic carbocycles. The lowest BCUT2D eigenvalue weighted by Gasteiger charge is -2.33. The average molecular weight is 812 g/mol. The minimum Gasteiger partial charge on any atom is -0.491 e. The Balaban J connectivity index is 1.24. The summed E-state index contributed by atoms with van der Waals surface area (Å²) in [6, 6.07) is 5.31. The number of allylic oxidation sites excluding steroid dienone is 1. The number of pyridine rings is 1. The lowest BCUT2D eigenvalue weighted by Crippen LogP contribution is -2.59. The van der Waals surface area contributed by atoms with Crippen molar-refractivity contribution in [3.05, 3.63) is 42.1 Å². The molecule has 7 rings (SSSR count). The van der Waals surface area contributed by atoms with E-state index in [9.17, 15) is 32.0 Å². The van der Waals surface area contributed by atoms with Gasteiger partial charge in [0.1, 0.15) is 46.5 Å². The third-order valence-corrected chi connectivity index (χ3v) is 14.0. The van der Waals surface area contributed by atoms with Crippen molar-refractivity contribution >= 4 is 44.6 Å². The highest BCUT2D eigenvalue weighted by Crippen LogP contribution is 2.48. The van der Waals surface area contributed by atoms with Gasteiger partial charge in [-0.3, -0.25) is 19.1 Å². The number of hydrogen-bond acceptors (Lipinski definition) is 10. The van der Waals surface area contributed by atoms with Crippen LogP contribution < -0.4 is 24.8 Å². The second kappa shape index (κ2) is 15.4. The molecule has 4 amide bonds. The van der Waals surface area contributed by atoms with Crippen LogP contribution in [0.4, 0.5) is 9.18 Å². The van der Waals surface area contributed by atoms with E-state index in [1.54, 1.807) is 20.8 Å². The summed E-state index contributed by atoms with van der Waals surface area (Å²) in [5.74, 6) is -1.91. The zero-order valence-electron chi connectivity index (χ0n) is 33.3. The quantitative estimate of drug-likeness (QED) is 0.334. The lowest BCUT2D eigenvalue weighted by molar-refractivity contribution is -0.142. The molecule has 1 saturated heterocycles. The number of amides is 4. The van der Waals surface area contributed by atoms with Crippen LogP contribution in [0.15, 0.2) is 36.4 Å². The van der Waals surface area contributed by atoms with Crippen LogP contribution in [-0.4, -0.2) is 96.0 Å². The monoisotopic (exact) mass is 811 g/mol. The van der Waals surface area contributed by atoms with E-state index in [4.69, 9.17) is 19.2 Å². The van der Waals surface area contributed by atoms with Crippen molar-refractivity contribution in [1.82, 2.24) is 25.2 Å². The first-order valence-electron chi connectivity index (χ1n) is 20.1. The Morgan fingerprint density at radius 1 is 1.12 bits per heavy atom. The Morgan fingerprint density at radius 2 is 1.86 bits per heavy atom. The lowest BCUT2D eigenvalue weighted by atomic mass is 9.88. The van der Waals surface area contributed by atoms with E-state index in [1.807, 2.05) is 43.3 Å². The highest BCUT2D eigenvalue weighted by Gasteiger charge is 2.64.